The first kappa shape index (κ1) is 13.1. The lowest BCUT2D eigenvalue weighted by Gasteiger charge is -2.16. The summed E-state index contributed by atoms with van der Waals surface area (Å²) in [5.74, 6) is 0.573. The van der Waals surface area contributed by atoms with Gasteiger partial charge in [0.1, 0.15) is 24.2 Å². The summed E-state index contributed by atoms with van der Waals surface area (Å²) < 4.78 is 6.81. The Morgan fingerprint density at radius 3 is 2.91 bits per heavy atom. The highest BCUT2D eigenvalue weighted by Gasteiger charge is 2.57. The fourth-order valence-corrected chi connectivity index (χ4v) is 3.19. The molecule has 2 aliphatic rings. The number of nitrogens with two attached hydrogens (primary N) is 1. The minimum atomic E-state index is -0.591. The predicted octanol–water partition coefficient (Wildman–Crippen LogP) is 1.23. The monoisotopic (exact) mass is 297 g/mol. The van der Waals surface area contributed by atoms with Crippen LogP contribution in [0.15, 0.2) is 41.3 Å². The Kier molecular flexibility index (Phi) is 2.79. The Bertz CT molecular complexity index is 800. The Labute approximate surface area is 126 Å². The van der Waals surface area contributed by atoms with Gasteiger partial charge in [-0.25, -0.2) is 9.78 Å². The van der Waals surface area contributed by atoms with Crippen LogP contribution in [-0.4, -0.2) is 15.5 Å². The molecule has 1 fully saturated rings. The average Bonchev–Trinajstić information content (AvgIpc) is 3.25. The third-order valence-electron chi connectivity index (χ3n) is 4.37. The van der Waals surface area contributed by atoms with E-state index in [1.165, 1.54) is 10.8 Å². The Balaban J connectivity index is 1.58. The van der Waals surface area contributed by atoms with Crippen molar-refractivity contribution in [3.8, 4) is 0 Å². The van der Waals surface area contributed by atoms with Gasteiger partial charge in [0.15, 0.2) is 0 Å². The van der Waals surface area contributed by atoms with Crippen LogP contribution in [0, 0.1) is 5.92 Å². The van der Waals surface area contributed by atoms with Crippen LogP contribution in [0.2, 0.25) is 0 Å². The van der Waals surface area contributed by atoms with E-state index < -0.39 is 6.04 Å². The smallest absolute Gasteiger partial charge is 0.329 e. The van der Waals surface area contributed by atoms with Crippen molar-refractivity contribution >= 4 is 11.7 Å². The van der Waals surface area contributed by atoms with E-state index in [-0.39, 0.29) is 35.7 Å². The SMILES string of the molecule is Nc1cnc2n(c1=O)[C@H](C(=O)OCc1ccccc1)[C@@H]1C[C@H]21. The predicted molar refractivity (Wildman–Crippen MR) is 79.0 cm³/mol. The van der Waals surface area contributed by atoms with Crippen molar-refractivity contribution in [2.24, 2.45) is 5.92 Å². The fourth-order valence-electron chi connectivity index (χ4n) is 3.19. The molecule has 1 aliphatic carbocycles. The summed E-state index contributed by atoms with van der Waals surface area (Å²) in [4.78, 5) is 28.9. The summed E-state index contributed by atoms with van der Waals surface area (Å²) in [6.45, 7) is 0.202. The van der Waals surface area contributed by atoms with Crippen molar-refractivity contribution in [1.29, 1.82) is 0 Å². The van der Waals surface area contributed by atoms with Gasteiger partial charge in [-0.15, -0.1) is 0 Å². The first-order valence-electron chi connectivity index (χ1n) is 7.24. The normalized spacial score (nSPS) is 24.5. The fraction of sp³-hybridized carbons (Fsp3) is 0.312. The number of esters is 1. The number of carbonyl (C=O) groups excluding carboxylic acids is 1. The third kappa shape index (κ3) is 1.91. The summed E-state index contributed by atoms with van der Waals surface area (Å²) in [5.41, 5.74) is 6.26. The van der Waals surface area contributed by atoms with Gasteiger partial charge in [0.2, 0.25) is 0 Å². The number of benzene rings is 1. The Morgan fingerprint density at radius 2 is 2.14 bits per heavy atom. The molecular formula is C16H15N3O3. The van der Waals surface area contributed by atoms with Gasteiger partial charge in [-0.05, 0) is 12.0 Å². The number of ether oxygens (including phenoxy) is 1. The number of aromatic nitrogens is 2. The number of carbonyl (C=O) groups is 1. The van der Waals surface area contributed by atoms with Gasteiger partial charge in [0.25, 0.3) is 5.56 Å². The topological polar surface area (TPSA) is 87.2 Å². The van der Waals surface area contributed by atoms with Crippen LogP contribution in [0.4, 0.5) is 5.69 Å². The van der Waals surface area contributed by atoms with E-state index in [1.807, 2.05) is 30.3 Å². The average molecular weight is 297 g/mol. The first-order chi connectivity index (χ1) is 10.7. The highest BCUT2D eigenvalue weighted by molar-refractivity contribution is 5.76. The summed E-state index contributed by atoms with van der Waals surface area (Å²) >= 11 is 0. The van der Waals surface area contributed by atoms with Crippen LogP contribution in [0.3, 0.4) is 0 Å². The number of hydrogen-bond donors (Lipinski definition) is 1. The molecule has 6 nitrogen and oxygen atoms in total. The van der Waals surface area contributed by atoms with Crippen LogP contribution < -0.4 is 11.3 Å². The second kappa shape index (κ2) is 4.69. The van der Waals surface area contributed by atoms with Crippen molar-refractivity contribution in [2.45, 2.75) is 25.0 Å². The standard InChI is InChI=1S/C16H15N3O3/c17-12-7-18-14-11-6-10(11)13(19(14)15(12)20)16(21)22-8-9-4-2-1-3-5-9/h1-5,7,10-11,13H,6,8,17H2/t10-,11+,13+/m1/s1. The zero-order valence-electron chi connectivity index (χ0n) is 11.8. The largest absolute Gasteiger partial charge is 0.459 e. The van der Waals surface area contributed by atoms with Crippen LogP contribution in [-0.2, 0) is 16.1 Å². The van der Waals surface area contributed by atoms with Crippen molar-refractivity contribution in [3.05, 3.63) is 58.3 Å². The van der Waals surface area contributed by atoms with E-state index >= 15 is 0 Å². The summed E-state index contributed by atoms with van der Waals surface area (Å²) in [7, 11) is 0. The Hall–Kier alpha value is -2.63. The molecular weight excluding hydrogens is 282 g/mol. The quantitative estimate of drug-likeness (QED) is 0.861. The number of fused-ring (bicyclic) bond motifs is 3. The maximum Gasteiger partial charge on any atom is 0.329 e. The van der Waals surface area contributed by atoms with Crippen molar-refractivity contribution in [1.82, 2.24) is 9.55 Å². The molecule has 1 aromatic heterocycles. The van der Waals surface area contributed by atoms with E-state index in [2.05, 4.69) is 4.98 Å². The number of rotatable bonds is 3. The molecule has 1 aliphatic heterocycles. The minimum absolute atomic E-state index is 0.0610. The van der Waals surface area contributed by atoms with Crippen molar-refractivity contribution < 1.29 is 9.53 Å². The maximum atomic E-state index is 12.4. The molecule has 2 aromatic rings. The molecule has 4 rings (SSSR count). The molecule has 0 unspecified atom stereocenters. The number of anilines is 1. The van der Waals surface area contributed by atoms with Gasteiger partial charge in [-0.1, -0.05) is 30.3 Å². The molecule has 0 spiro atoms. The molecule has 2 N–H and O–H groups in total. The molecule has 2 heterocycles. The van der Waals surface area contributed by atoms with E-state index in [0.29, 0.717) is 5.82 Å². The second-order valence-corrected chi connectivity index (χ2v) is 5.79. The van der Waals surface area contributed by atoms with E-state index in [9.17, 15) is 9.59 Å². The zero-order valence-corrected chi connectivity index (χ0v) is 11.8. The van der Waals surface area contributed by atoms with E-state index in [1.54, 1.807) is 0 Å². The van der Waals surface area contributed by atoms with Gasteiger partial charge >= 0.3 is 5.97 Å². The number of hydrogen-bond acceptors (Lipinski definition) is 5. The molecule has 22 heavy (non-hydrogen) atoms. The Morgan fingerprint density at radius 1 is 1.36 bits per heavy atom. The summed E-state index contributed by atoms with van der Waals surface area (Å²) in [6, 6.07) is 8.87. The second-order valence-electron chi connectivity index (χ2n) is 5.79. The summed E-state index contributed by atoms with van der Waals surface area (Å²) in [5, 5.41) is 0. The van der Waals surface area contributed by atoms with Crippen molar-refractivity contribution in [2.75, 3.05) is 5.73 Å². The van der Waals surface area contributed by atoms with E-state index in [0.717, 1.165) is 12.0 Å². The zero-order chi connectivity index (χ0) is 15.3. The lowest BCUT2D eigenvalue weighted by atomic mass is 10.2. The van der Waals surface area contributed by atoms with Gasteiger partial charge in [0, 0.05) is 11.8 Å². The van der Waals surface area contributed by atoms with Crippen molar-refractivity contribution in [3.63, 3.8) is 0 Å². The number of nitrogen functional groups attached to an aromatic ring is 1. The molecule has 0 bridgehead atoms. The van der Waals surface area contributed by atoms with Gasteiger partial charge in [0.05, 0.1) is 6.20 Å². The summed E-state index contributed by atoms with van der Waals surface area (Å²) in [6.07, 6.45) is 2.25. The molecule has 0 radical (unpaired) electrons. The molecule has 0 amide bonds. The third-order valence-corrected chi connectivity index (χ3v) is 4.37. The molecule has 112 valence electrons. The highest BCUT2D eigenvalue weighted by Crippen LogP contribution is 2.58. The van der Waals surface area contributed by atoms with Gasteiger partial charge in [-0.3, -0.25) is 9.36 Å². The maximum absolute atomic E-state index is 12.4. The first-order valence-corrected chi connectivity index (χ1v) is 7.24. The minimum Gasteiger partial charge on any atom is -0.459 e. The lowest BCUT2D eigenvalue weighted by molar-refractivity contribution is -0.149. The molecule has 6 heteroatoms. The van der Waals surface area contributed by atoms with Gasteiger partial charge < -0.3 is 10.5 Å². The molecule has 0 saturated heterocycles. The molecule has 3 atom stereocenters. The molecule has 1 saturated carbocycles. The molecule has 1 aromatic carbocycles. The number of nitrogens with zero attached hydrogens (tertiary/aromatic N) is 2. The highest BCUT2D eigenvalue weighted by atomic mass is 16.5. The van der Waals surface area contributed by atoms with Crippen LogP contribution in [0.1, 0.15) is 29.8 Å². The van der Waals surface area contributed by atoms with Crippen LogP contribution in [0.25, 0.3) is 0 Å². The van der Waals surface area contributed by atoms with E-state index in [4.69, 9.17) is 10.5 Å². The van der Waals surface area contributed by atoms with Crippen LogP contribution >= 0.6 is 0 Å². The van der Waals surface area contributed by atoms with Gasteiger partial charge in [-0.2, -0.15) is 0 Å². The lowest BCUT2D eigenvalue weighted by Crippen LogP contribution is -2.33. The van der Waals surface area contributed by atoms with Crippen LogP contribution in [0.5, 0.6) is 0 Å².